The summed E-state index contributed by atoms with van der Waals surface area (Å²) in [5.41, 5.74) is 0.555. The van der Waals surface area contributed by atoms with Crippen LogP contribution in [0.3, 0.4) is 0 Å². The molecule has 0 fully saturated rings. The first-order valence-corrected chi connectivity index (χ1v) is 8.63. The summed E-state index contributed by atoms with van der Waals surface area (Å²) < 4.78 is 12.1. The number of hydrogen-bond donors (Lipinski definition) is 2. The number of rotatable bonds is 6. The van der Waals surface area contributed by atoms with E-state index in [2.05, 4.69) is 10.3 Å². The van der Waals surface area contributed by atoms with Crippen LogP contribution in [0, 0.1) is 6.92 Å². The van der Waals surface area contributed by atoms with Crippen LogP contribution in [-0.4, -0.2) is 34.9 Å². The Bertz CT molecular complexity index is 932. The molecule has 0 aliphatic carbocycles. The van der Waals surface area contributed by atoms with Crippen LogP contribution in [0.15, 0.2) is 58.3 Å². The van der Waals surface area contributed by atoms with Crippen molar-refractivity contribution < 1.29 is 14.3 Å². The number of nitrogens with zero attached hydrogens (tertiary/aromatic N) is 1. The van der Waals surface area contributed by atoms with E-state index in [0.29, 0.717) is 18.5 Å². The number of amides is 1. The van der Waals surface area contributed by atoms with Gasteiger partial charge in [0, 0.05) is 18.3 Å². The molecule has 8 heteroatoms. The van der Waals surface area contributed by atoms with Gasteiger partial charge < -0.3 is 14.8 Å². The molecule has 27 heavy (non-hydrogen) atoms. The normalized spacial score (nSPS) is 18.4. The first kappa shape index (κ1) is 18.7. The van der Waals surface area contributed by atoms with Crippen LogP contribution in [-0.2, 0) is 15.9 Å². The van der Waals surface area contributed by atoms with Crippen molar-refractivity contribution in [1.29, 1.82) is 0 Å². The summed E-state index contributed by atoms with van der Waals surface area (Å²) in [6.45, 7) is 2.11. The average Bonchev–Trinajstić information content (AvgIpc) is 3.13. The van der Waals surface area contributed by atoms with E-state index in [1.54, 1.807) is 19.1 Å². The van der Waals surface area contributed by atoms with Crippen molar-refractivity contribution in [2.45, 2.75) is 25.7 Å². The van der Waals surface area contributed by atoms with Gasteiger partial charge in [0.25, 0.3) is 5.56 Å². The van der Waals surface area contributed by atoms with Crippen LogP contribution >= 0.6 is 0 Å². The summed E-state index contributed by atoms with van der Waals surface area (Å²) in [7, 11) is 0. The highest BCUT2D eigenvalue weighted by Gasteiger charge is 2.23. The van der Waals surface area contributed by atoms with E-state index < -0.39 is 29.7 Å². The molecule has 2 heterocycles. The molecule has 1 amide bonds. The van der Waals surface area contributed by atoms with E-state index in [9.17, 15) is 14.4 Å². The van der Waals surface area contributed by atoms with Gasteiger partial charge in [0.1, 0.15) is 12.7 Å². The van der Waals surface area contributed by atoms with Crippen molar-refractivity contribution in [2.75, 3.05) is 13.2 Å². The maximum absolute atomic E-state index is 11.9. The molecule has 1 aliphatic rings. The molecule has 0 saturated heterocycles. The number of aromatic nitrogens is 2. The Morgan fingerprint density at radius 3 is 2.81 bits per heavy atom. The lowest BCUT2D eigenvalue weighted by molar-refractivity contribution is -0.0149. The molecule has 142 valence electrons. The maximum atomic E-state index is 11.9. The molecule has 1 aliphatic heterocycles. The van der Waals surface area contributed by atoms with Crippen LogP contribution < -0.4 is 16.6 Å². The first-order valence-electron chi connectivity index (χ1n) is 8.63. The van der Waals surface area contributed by atoms with E-state index >= 15 is 0 Å². The topological polar surface area (TPSA) is 102 Å². The monoisotopic (exact) mass is 371 g/mol. The zero-order valence-corrected chi connectivity index (χ0v) is 14.9. The molecule has 0 unspecified atom stereocenters. The van der Waals surface area contributed by atoms with Crippen molar-refractivity contribution in [1.82, 2.24) is 14.9 Å². The lowest BCUT2D eigenvalue weighted by Crippen LogP contribution is -2.34. The smallest absolute Gasteiger partial charge is 0.407 e. The molecule has 3 rings (SSSR count). The molecule has 0 spiro atoms. The Hall–Kier alpha value is -3.13. The molecule has 0 radical (unpaired) electrons. The number of carbonyl (C=O) groups is 1. The van der Waals surface area contributed by atoms with Gasteiger partial charge in [-0.2, -0.15) is 0 Å². The predicted molar refractivity (Wildman–Crippen MR) is 98.6 cm³/mol. The Balaban J connectivity index is 1.43. The lowest BCUT2D eigenvalue weighted by Gasteiger charge is -2.16. The van der Waals surface area contributed by atoms with Crippen LogP contribution in [0.25, 0.3) is 0 Å². The van der Waals surface area contributed by atoms with E-state index in [-0.39, 0.29) is 6.61 Å². The van der Waals surface area contributed by atoms with Gasteiger partial charge in [-0.05, 0) is 25.0 Å². The zero-order chi connectivity index (χ0) is 19.2. The van der Waals surface area contributed by atoms with Gasteiger partial charge in [0.2, 0.25) is 0 Å². The predicted octanol–water partition coefficient (Wildman–Crippen LogP) is 1.27. The van der Waals surface area contributed by atoms with Gasteiger partial charge in [-0.3, -0.25) is 14.3 Å². The second-order valence-electron chi connectivity index (χ2n) is 6.19. The molecule has 2 N–H and O–H groups in total. The number of hydrogen-bond acceptors (Lipinski definition) is 5. The number of alkyl carbamates (subject to hydrolysis) is 1. The number of aromatic amines is 1. The Labute approximate surface area is 155 Å². The van der Waals surface area contributed by atoms with Gasteiger partial charge in [-0.15, -0.1) is 0 Å². The van der Waals surface area contributed by atoms with E-state index in [1.165, 1.54) is 10.8 Å². The highest BCUT2D eigenvalue weighted by molar-refractivity contribution is 5.67. The summed E-state index contributed by atoms with van der Waals surface area (Å²) >= 11 is 0. The van der Waals surface area contributed by atoms with E-state index in [0.717, 1.165) is 5.56 Å². The summed E-state index contributed by atoms with van der Waals surface area (Å²) in [5, 5.41) is 2.69. The van der Waals surface area contributed by atoms with E-state index in [1.807, 2.05) is 30.3 Å². The highest BCUT2D eigenvalue weighted by Crippen LogP contribution is 2.19. The fourth-order valence-corrected chi connectivity index (χ4v) is 2.68. The SMILES string of the molecule is Cc1cn([C@H]2C=C[C@@H](COC(=O)NCCc3ccccc3)O2)c(=O)[nH]c1=O. The maximum Gasteiger partial charge on any atom is 0.407 e. The largest absolute Gasteiger partial charge is 0.446 e. The minimum atomic E-state index is -0.650. The zero-order valence-electron chi connectivity index (χ0n) is 14.9. The standard InChI is InChI=1S/C19H21N3O5/c1-13-11-22(18(24)21-17(13)23)16-8-7-15(27-16)12-26-19(25)20-10-9-14-5-3-2-4-6-14/h2-8,11,15-16H,9-10,12H2,1H3,(H,20,25)(H,21,23,24)/t15-,16+/m0/s1. The highest BCUT2D eigenvalue weighted by atomic mass is 16.6. The van der Waals surface area contributed by atoms with Crippen molar-refractivity contribution >= 4 is 6.09 Å². The van der Waals surface area contributed by atoms with Crippen LogP contribution in [0.2, 0.25) is 0 Å². The third kappa shape index (κ3) is 4.95. The molecule has 0 saturated carbocycles. The van der Waals surface area contributed by atoms with Gasteiger partial charge in [-0.25, -0.2) is 9.59 Å². The Kier molecular flexibility index (Phi) is 5.87. The third-order valence-electron chi connectivity index (χ3n) is 4.13. The Morgan fingerprint density at radius 2 is 2.04 bits per heavy atom. The molecule has 2 aromatic rings. The van der Waals surface area contributed by atoms with Gasteiger partial charge >= 0.3 is 11.8 Å². The number of nitrogens with one attached hydrogen (secondary N) is 2. The first-order chi connectivity index (χ1) is 13.0. The van der Waals surface area contributed by atoms with Crippen LogP contribution in [0.4, 0.5) is 4.79 Å². The third-order valence-corrected chi connectivity index (χ3v) is 4.13. The van der Waals surface area contributed by atoms with Crippen LogP contribution in [0.5, 0.6) is 0 Å². The van der Waals surface area contributed by atoms with Gasteiger partial charge in [0.15, 0.2) is 6.23 Å². The molecule has 0 bridgehead atoms. The van der Waals surface area contributed by atoms with Gasteiger partial charge in [0.05, 0.1) is 0 Å². The Morgan fingerprint density at radius 1 is 1.26 bits per heavy atom. The lowest BCUT2D eigenvalue weighted by atomic mass is 10.1. The van der Waals surface area contributed by atoms with Crippen molar-refractivity contribution in [3.8, 4) is 0 Å². The minimum Gasteiger partial charge on any atom is -0.446 e. The molecule has 8 nitrogen and oxygen atoms in total. The number of benzene rings is 1. The molecular formula is C19H21N3O5. The van der Waals surface area contributed by atoms with Crippen molar-refractivity contribution in [3.05, 3.63) is 80.6 Å². The molecular weight excluding hydrogens is 350 g/mol. The van der Waals surface area contributed by atoms with Crippen LogP contribution in [0.1, 0.15) is 17.4 Å². The minimum absolute atomic E-state index is 0.0290. The second-order valence-corrected chi connectivity index (χ2v) is 6.19. The summed E-state index contributed by atoms with van der Waals surface area (Å²) in [6, 6.07) is 9.82. The molecule has 1 aromatic carbocycles. The number of H-pyrrole nitrogens is 1. The fourth-order valence-electron chi connectivity index (χ4n) is 2.68. The number of ether oxygens (including phenoxy) is 2. The van der Waals surface area contributed by atoms with Crippen molar-refractivity contribution in [2.24, 2.45) is 0 Å². The summed E-state index contributed by atoms with van der Waals surface area (Å²) in [4.78, 5) is 37.3. The van der Waals surface area contributed by atoms with Gasteiger partial charge in [-0.1, -0.05) is 36.4 Å². The number of carbonyl (C=O) groups excluding carboxylic acids is 1. The summed E-state index contributed by atoms with van der Waals surface area (Å²) in [5.74, 6) is 0. The molecule has 1 aromatic heterocycles. The quantitative estimate of drug-likeness (QED) is 0.745. The number of aryl methyl sites for hydroxylation is 1. The summed E-state index contributed by atoms with van der Waals surface area (Å²) in [6.07, 6.45) is 3.91. The van der Waals surface area contributed by atoms with E-state index in [4.69, 9.17) is 9.47 Å². The molecule has 2 atom stereocenters. The average molecular weight is 371 g/mol. The fraction of sp³-hybridized carbons (Fsp3) is 0.316. The van der Waals surface area contributed by atoms with Crippen molar-refractivity contribution in [3.63, 3.8) is 0 Å². The second kappa shape index (κ2) is 8.50.